The molecule has 3 aromatic heterocycles. The van der Waals surface area contributed by atoms with E-state index in [2.05, 4.69) is 38.2 Å². The van der Waals surface area contributed by atoms with Crippen LogP contribution in [0.15, 0.2) is 42.9 Å². The zero-order valence-corrected chi connectivity index (χ0v) is 13.4. The molecular weight excluding hydrogens is 298 g/mol. The van der Waals surface area contributed by atoms with Crippen molar-refractivity contribution in [2.45, 2.75) is 19.4 Å². The number of anilines is 2. The van der Waals surface area contributed by atoms with Crippen molar-refractivity contribution < 1.29 is 0 Å². The van der Waals surface area contributed by atoms with Crippen LogP contribution in [0.25, 0.3) is 5.65 Å². The van der Waals surface area contributed by atoms with Crippen LogP contribution in [0.4, 0.5) is 11.6 Å². The van der Waals surface area contributed by atoms with E-state index in [-0.39, 0.29) is 0 Å². The van der Waals surface area contributed by atoms with Crippen LogP contribution in [0.5, 0.6) is 0 Å². The minimum Gasteiger partial charge on any atom is -0.324 e. The van der Waals surface area contributed by atoms with E-state index < -0.39 is 0 Å². The molecule has 0 radical (unpaired) electrons. The van der Waals surface area contributed by atoms with E-state index in [1.54, 1.807) is 0 Å². The lowest BCUT2D eigenvalue weighted by Crippen LogP contribution is -2.18. The maximum atomic E-state index is 5.44. The number of fused-ring (bicyclic) bond motifs is 1. The summed E-state index contributed by atoms with van der Waals surface area (Å²) in [5, 5.41) is 3.28. The van der Waals surface area contributed by atoms with E-state index >= 15 is 0 Å². The highest BCUT2D eigenvalue weighted by molar-refractivity contribution is 5.57. The summed E-state index contributed by atoms with van der Waals surface area (Å²) in [4.78, 5) is 11.4. The van der Waals surface area contributed by atoms with Crippen LogP contribution in [-0.4, -0.2) is 32.4 Å². The number of nitrogens with zero attached hydrogens (tertiary/aromatic N) is 4. The fourth-order valence-corrected chi connectivity index (χ4v) is 3.11. The number of imidazole rings is 1. The van der Waals surface area contributed by atoms with Gasteiger partial charge in [0.15, 0.2) is 5.82 Å². The molecule has 5 nitrogen and oxygen atoms in total. The number of nitrogens with one attached hydrogen (secondary N) is 1. The summed E-state index contributed by atoms with van der Waals surface area (Å²) in [5.74, 6) is 4.21. The normalized spacial score (nSPS) is 14.8. The topological polar surface area (TPSA) is 45.5 Å². The van der Waals surface area contributed by atoms with E-state index in [4.69, 9.17) is 6.42 Å². The first-order valence-corrected chi connectivity index (χ1v) is 8.20. The van der Waals surface area contributed by atoms with Gasteiger partial charge in [0.2, 0.25) is 0 Å². The van der Waals surface area contributed by atoms with Crippen LogP contribution >= 0.6 is 0 Å². The predicted octanol–water partition coefficient (Wildman–Crippen LogP) is 3.05. The second-order valence-electron chi connectivity index (χ2n) is 6.11. The molecule has 4 rings (SSSR count). The Balaban J connectivity index is 1.53. The number of pyridine rings is 2. The average Bonchev–Trinajstić information content (AvgIpc) is 3.23. The van der Waals surface area contributed by atoms with Gasteiger partial charge in [0.05, 0.1) is 6.20 Å². The third-order valence-corrected chi connectivity index (χ3v) is 4.30. The molecule has 0 unspecified atom stereocenters. The Morgan fingerprint density at radius 2 is 2.00 bits per heavy atom. The SMILES string of the molecule is C#Cc1ccc2nc(Nc3cc(CN4CCCC4)ccn3)cn2c1. The molecule has 0 saturated carbocycles. The zero-order valence-electron chi connectivity index (χ0n) is 13.4. The molecule has 0 bridgehead atoms. The van der Waals surface area contributed by atoms with E-state index in [0.29, 0.717) is 0 Å². The molecule has 1 aliphatic rings. The first-order chi connectivity index (χ1) is 11.8. The summed E-state index contributed by atoms with van der Waals surface area (Å²) in [5.41, 5.74) is 2.95. The highest BCUT2D eigenvalue weighted by atomic mass is 15.1. The highest BCUT2D eigenvalue weighted by Gasteiger charge is 2.12. The maximum absolute atomic E-state index is 5.44. The van der Waals surface area contributed by atoms with Gasteiger partial charge in [-0.25, -0.2) is 9.97 Å². The van der Waals surface area contributed by atoms with Crippen molar-refractivity contribution >= 4 is 17.3 Å². The van der Waals surface area contributed by atoms with Crippen LogP contribution in [0.2, 0.25) is 0 Å². The maximum Gasteiger partial charge on any atom is 0.150 e. The van der Waals surface area contributed by atoms with Crippen molar-refractivity contribution in [1.82, 2.24) is 19.3 Å². The van der Waals surface area contributed by atoms with Gasteiger partial charge in [-0.2, -0.15) is 0 Å². The third kappa shape index (κ3) is 3.10. The van der Waals surface area contributed by atoms with Crippen LogP contribution < -0.4 is 5.32 Å². The molecule has 1 N–H and O–H groups in total. The predicted molar refractivity (Wildman–Crippen MR) is 95.2 cm³/mol. The fourth-order valence-electron chi connectivity index (χ4n) is 3.11. The molecule has 0 spiro atoms. The number of likely N-dealkylation sites (tertiary alicyclic amines) is 1. The van der Waals surface area contributed by atoms with Gasteiger partial charge in [0, 0.05) is 24.5 Å². The second kappa shape index (κ2) is 6.34. The van der Waals surface area contributed by atoms with Crippen molar-refractivity contribution in [3.63, 3.8) is 0 Å². The van der Waals surface area contributed by atoms with Crippen LogP contribution in [0.3, 0.4) is 0 Å². The Morgan fingerprint density at radius 3 is 2.83 bits per heavy atom. The van der Waals surface area contributed by atoms with Crippen molar-refractivity contribution in [1.29, 1.82) is 0 Å². The lowest BCUT2D eigenvalue weighted by atomic mass is 10.2. The van der Waals surface area contributed by atoms with Gasteiger partial charge in [-0.15, -0.1) is 6.42 Å². The lowest BCUT2D eigenvalue weighted by molar-refractivity contribution is 0.331. The zero-order chi connectivity index (χ0) is 16.4. The lowest BCUT2D eigenvalue weighted by Gasteiger charge is -2.14. The summed E-state index contributed by atoms with van der Waals surface area (Å²) in [6, 6.07) is 7.97. The number of aromatic nitrogens is 3. The molecule has 1 aliphatic heterocycles. The van der Waals surface area contributed by atoms with Crippen LogP contribution in [0, 0.1) is 12.3 Å². The number of hydrogen-bond donors (Lipinski definition) is 1. The van der Waals surface area contributed by atoms with Crippen molar-refractivity contribution in [2.24, 2.45) is 0 Å². The summed E-state index contributed by atoms with van der Waals surface area (Å²) in [7, 11) is 0. The Hall–Kier alpha value is -2.84. The van der Waals surface area contributed by atoms with Gasteiger partial charge < -0.3 is 9.72 Å². The Bertz CT molecular complexity index is 900. The molecule has 5 heteroatoms. The van der Waals surface area contributed by atoms with Gasteiger partial charge in [-0.05, 0) is 55.8 Å². The van der Waals surface area contributed by atoms with Gasteiger partial charge in [-0.1, -0.05) is 5.92 Å². The second-order valence-corrected chi connectivity index (χ2v) is 6.11. The Morgan fingerprint density at radius 1 is 1.12 bits per heavy atom. The van der Waals surface area contributed by atoms with E-state index in [0.717, 1.165) is 29.4 Å². The Kier molecular flexibility index (Phi) is 3.89. The number of hydrogen-bond acceptors (Lipinski definition) is 4. The van der Waals surface area contributed by atoms with Crippen molar-refractivity contribution in [2.75, 3.05) is 18.4 Å². The number of rotatable bonds is 4. The Labute approximate surface area is 141 Å². The minimum absolute atomic E-state index is 0.759. The third-order valence-electron chi connectivity index (χ3n) is 4.30. The molecule has 3 aromatic rings. The molecule has 0 amide bonds. The highest BCUT2D eigenvalue weighted by Crippen LogP contribution is 2.18. The van der Waals surface area contributed by atoms with Crippen LogP contribution in [0.1, 0.15) is 24.0 Å². The molecule has 24 heavy (non-hydrogen) atoms. The largest absolute Gasteiger partial charge is 0.324 e. The standard InChI is InChI=1S/C19H19N5/c1-2-15-5-6-19-22-18(14-24(19)13-15)21-17-11-16(7-8-20-17)12-23-9-3-4-10-23/h1,5-8,11,13-14H,3-4,9-10,12H2,(H,20,21). The first kappa shape index (κ1) is 14.7. The summed E-state index contributed by atoms with van der Waals surface area (Å²) in [6.45, 7) is 3.36. The van der Waals surface area contributed by atoms with Gasteiger partial charge in [0.25, 0.3) is 0 Å². The molecule has 1 fully saturated rings. The number of terminal acetylenes is 1. The van der Waals surface area contributed by atoms with Gasteiger partial charge >= 0.3 is 0 Å². The molecule has 120 valence electrons. The summed E-state index contributed by atoms with van der Waals surface area (Å²) in [6.07, 6.45) is 13.7. The van der Waals surface area contributed by atoms with E-state index in [1.165, 1.54) is 31.5 Å². The summed E-state index contributed by atoms with van der Waals surface area (Å²) < 4.78 is 1.92. The molecule has 0 atom stereocenters. The van der Waals surface area contributed by atoms with E-state index in [9.17, 15) is 0 Å². The van der Waals surface area contributed by atoms with E-state index in [1.807, 2.05) is 35.1 Å². The van der Waals surface area contributed by atoms with Crippen molar-refractivity contribution in [3.8, 4) is 12.3 Å². The van der Waals surface area contributed by atoms with Crippen LogP contribution in [-0.2, 0) is 6.54 Å². The molecule has 1 saturated heterocycles. The minimum atomic E-state index is 0.759. The molecule has 0 aliphatic carbocycles. The fraction of sp³-hybridized carbons (Fsp3) is 0.263. The monoisotopic (exact) mass is 317 g/mol. The quantitative estimate of drug-likeness (QED) is 0.751. The van der Waals surface area contributed by atoms with Crippen molar-refractivity contribution in [3.05, 3.63) is 54.0 Å². The van der Waals surface area contributed by atoms with Gasteiger partial charge in [0.1, 0.15) is 11.5 Å². The molecule has 4 heterocycles. The average molecular weight is 317 g/mol. The molecule has 0 aromatic carbocycles. The first-order valence-electron chi connectivity index (χ1n) is 8.20. The molecular formula is C19H19N5. The smallest absolute Gasteiger partial charge is 0.150 e. The summed E-state index contributed by atoms with van der Waals surface area (Å²) >= 11 is 0. The van der Waals surface area contributed by atoms with Gasteiger partial charge in [-0.3, -0.25) is 4.90 Å².